The van der Waals surface area contributed by atoms with Gasteiger partial charge in [-0.25, -0.2) is 0 Å². The second-order valence-electron chi connectivity index (χ2n) is 5.27. The number of hydrogen-bond donors (Lipinski definition) is 1. The molecule has 2 heterocycles. The van der Waals surface area contributed by atoms with Gasteiger partial charge in [0.1, 0.15) is 0 Å². The highest BCUT2D eigenvalue weighted by Gasteiger charge is 2.45. The molecule has 2 aromatic rings. The van der Waals surface area contributed by atoms with E-state index < -0.39 is 11.0 Å². The molecule has 0 amide bonds. The summed E-state index contributed by atoms with van der Waals surface area (Å²) in [6, 6.07) is 5.48. The second-order valence-corrected chi connectivity index (χ2v) is 5.27. The monoisotopic (exact) mass is 243 g/mol. The maximum Gasteiger partial charge on any atom is 0.154 e. The van der Waals surface area contributed by atoms with E-state index in [1.165, 1.54) is 0 Å². The summed E-state index contributed by atoms with van der Waals surface area (Å²) >= 11 is 0. The number of hydrogen-bond acceptors (Lipinski definition) is 4. The van der Waals surface area contributed by atoms with Crippen LogP contribution >= 0.6 is 0 Å². The summed E-state index contributed by atoms with van der Waals surface area (Å²) in [4.78, 5) is 12.6. The highest BCUT2D eigenvalue weighted by atomic mass is 16.3. The van der Waals surface area contributed by atoms with Gasteiger partial charge in [-0.3, -0.25) is 15.0 Å². The lowest BCUT2D eigenvalue weighted by Crippen LogP contribution is -2.42. The van der Waals surface area contributed by atoms with Gasteiger partial charge in [-0.15, -0.1) is 0 Å². The Morgan fingerprint density at radius 2 is 1.67 bits per heavy atom. The van der Waals surface area contributed by atoms with Crippen LogP contribution in [0.2, 0.25) is 0 Å². The van der Waals surface area contributed by atoms with Crippen molar-refractivity contribution in [2.45, 2.75) is 26.4 Å². The third kappa shape index (κ3) is 1.99. The second kappa shape index (κ2) is 4.46. The lowest BCUT2D eigenvalue weighted by Gasteiger charge is -2.38. The van der Waals surface area contributed by atoms with E-state index in [4.69, 9.17) is 0 Å². The molecule has 4 heteroatoms. The Hall–Kier alpha value is -1.81. The fraction of sp³-hybridized carbons (Fsp3) is 0.357. The Morgan fingerprint density at radius 1 is 0.944 bits per heavy atom. The molecular formula is C14H17N3O. The van der Waals surface area contributed by atoms with Crippen LogP contribution in [0, 0.1) is 5.41 Å². The molecule has 94 valence electrons. The standard InChI is InChI=1S/C14H17N3O/c1-13(2,3)14(18,11-6-4-5-7-16-11)12-10-15-8-9-17-12/h4-10,18H,1-3H3. The van der Waals surface area contributed by atoms with Crippen molar-refractivity contribution in [3.05, 3.63) is 54.4 Å². The first-order valence-electron chi connectivity index (χ1n) is 5.86. The van der Waals surface area contributed by atoms with Crippen LogP contribution in [0.3, 0.4) is 0 Å². The van der Waals surface area contributed by atoms with E-state index in [-0.39, 0.29) is 0 Å². The van der Waals surface area contributed by atoms with Crippen LogP contribution in [0.1, 0.15) is 32.2 Å². The van der Waals surface area contributed by atoms with Gasteiger partial charge in [0.05, 0.1) is 17.6 Å². The Morgan fingerprint density at radius 3 is 2.17 bits per heavy atom. The maximum atomic E-state index is 11.1. The normalized spacial score (nSPS) is 15.1. The largest absolute Gasteiger partial charge is 0.377 e. The molecule has 1 atom stereocenters. The van der Waals surface area contributed by atoms with Crippen molar-refractivity contribution in [2.24, 2.45) is 5.41 Å². The van der Waals surface area contributed by atoms with Crippen molar-refractivity contribution in [1.82, 2.24) is 15.0 Å². The highest BCUT2D eigenvalue weighted by molar-refractivity contribution is 5.28. The van der Waals surface area contributed by atoms with Gasteiger partial charge < -0.3 is 5.11 Å². The van der Waals surface area contributed by atoms with Gasteiger partial charge in [-0.05, 0) is 12.1 Å². The van der Waals surface area contributed by atoms with Gasteiger partial charge in [-0.2, -0.15) is 0 Å². The minimum absolute atomic E-state index is 0.447. The van der Waals surface area contributed by atoms with Crippen molar-refractivity contribution >= 4 is 0 Å². The van der Waals surface area contributed by atoms with Crippen LogP contribution in [-0.2, 0) is 5.60 Å². The fourth-order valence-corrected chi connectivity index (χ4v) is 1.96. The molecule has 0 fully saturated rings. The van der Waals surface area contributed by atoms with Crippen LogP contribution < -0.4 is 0 Å². The molecule has 4 nitrogen and oxygen atoms in total. The van der Waals surface area contributed by atoms with E-state index in [0.717, 1.165) is 0 Å². The first kappa shape index (κ1) is 12.6. The Bertz CT molecular complexity index is 466. The van der Waals surface area contributed by atoms with Crippen molar-refractivity contribution in [2.75, 3.05) is 0 Å². The van der Waals surface area contributed by atoms with Gasteiger partial charge in [-0.1, -0.05) is 26.8 Å². The zero-order chi connectivity index (χ0) is 13.2. The summed E-state index contributed by atoms with van der Waals surface area (Å²) in [5.74, 6) is 0. The van der Waals surface area contributed by atoms with Gasteiger partial charge in [0, 0.05) is 24.0 Å². The topological polar surface area (TPSA) is 58.9 Å². The molecule has 0 aromatic carbocycles. The molecule has 1 N–H and O–H groups in total. The van der Waals surface area contributed by atoms with Crippen molar-refractivity contribution < 1.29 is 5.11 Å². The number of aliphatic hydroxyl groups is 1. The highest BCUT2D eigenvalue weighted by Crippen LogP contribution is 2.42. The van der Waals surface area contributed by atoms with Crippen molar-refractivity contribution in [3.63, 3.8) is 0 Å². The summed E-state index contributed by atoms with van der Waals surface area (Å²) in [6.45, 7) is 5.86. The SMILES string of the molecule is CC(C)(C)C(O)(c1ccccn1)c1cnccn1. The third-order valence-electron chi connectivity index (χ3n) is 3.05. The average Bonchev–Trinajstić information content (AvgIpc) is 2.38. The smallest absolute Gasteiger partial charge is 0.154 e. The molecule has 18 heavy (non-hydrogen) atoms. The lowest BCUT2D eigenvalue weighted by molar-refractivity contribution is -0.0335. The number of pyridine rings is 1. The Labute approximate surface area is 107 Å². The first-order valence-corrected chi connectivity index (χ1v) is 5.86. The molecule has 0 saturated carbocycles. The number of aromatic nitrogens is 3. The quantitative estimate of drug-likeness (QED) is 0.878. The first-order chi connectivity index (χ1) is 8.46. The average molecular weight is 243 g/mol. The van der Waals surface area contributed by atoms with Crippen LogP contribution in [0.15, 0.2) is 43.0 Å². The summed E-state index contributed by atoms with van der Waals surface area (Å²) in [7, 11) is 0. The van der Waals surface area contributed by atoms with E-state index in [2.05, 4.69) is 15.0 Å². The van der Waals surface area contributed by atoms with Crippen LogP contribution in [0.4, 0.5) is 0 Å². The minimum atomic E-state index is -1.26. The summed E-state index contributed by atoms with van der Waals surface area (Å²) in [5, 5.41) is 11.1. The molecule has 0 bridgehead atoms. The molecule has 1 unspecified atom stereocenters. The predicted molar refractivity (Wildman–Crippen MR) is 68.7 cm³/mol. The molecule has 0 aliphatic heterocycles. The number of rotatable bonds is 2. The van der Waals surface area contributed by atoms with Gasteiger partial charge in [0.25, 0.3) is 0 Å². The molecule has 0 spiro atoms. The van der Waals surface area contributed by atoms with Crippen molar-refractivity contribution in [1.29, 1.82) is 0 Å². The van der Waals surface area contributed by atoms with Crippen LogP contribution in [-0.4, -0.2) is 20.1 Å². The van der Waals surface area contributed by atoms with Crippen LogP contribution in [0.5, 0.6) is 0 Å². The molecule has 0 aliphatic rings. The van der Waals surface area contributed by atoms with Crippen molar-refractivity contribution in [3.8, 4) is 0 Å². The van der Waals surface area contributed by atoms with Gasteiger partial charge in [0.15, 0.2) is 5.60 Å². The van der Waals surface area contributed by atoms with E-state index in [0.29, 0.717) is 11.4 Å². The van der Waals surface area contributed by atoms with Gasteiger partial charge >= 0.3 is 0 Å². The summed E-state index contributed by atoms with van der Waals surface area (Å²) in [5.41, 5.74) is -0.617. The fourth-order valence-electron chi connectivity index (χ4n) is 1.96. The number of nitrogens with zero attached hydrogens (tertiary/aromatic N) is 3. The van der Waals surface area contributed by atoms with E-state index in [1.54, 1.807) is 30.9 Å². The molecule has 2 aromatic heterocycles. The molecule has 2 rings (SSSR count). The Kier molecular flexibility index (Phi) is 3.13. The zero-order valence-corrected chi connectivity index (χ0v) is 10.8. The van der Waals surface area contributed by atoms with E-state index in [1.807, 2.05) is 32.9 Å². The lowest BCUT2D eigenvalue weighted by atomic mass is 9.72. The zero-order valence-electron chi connectivity index (χ0n) is 10.8. The minimum Gasteiger partial charge on any atom is -0.377 e. The Balaban J connectivity index is 2.63. The molecule has 0 aliphatic carbocycles. The summed E-state index contributed by atoms with van der Waals surface area (Å²) < 4.78 is 0. The van der Waals surface area contributed by atoms with Gasteiger partial charge in [0.2, 0.25) is 0 Å². The van der Waals surface area contributed by atoms with E-state index >= 15 is 0 Å². The molecular weight excluding hydrogens is 226 g/mol. The van der Waals surface area contributed by atoms with Crippen LogP contribution in [0.25, 0.3) is 0 Å². The van der Waals surface area contributed by atoms with E-state index in [9.17, 15) is 5.11 Å². The predicted octanol–water partition coefficient (Wildman–Crippen LogP) is 2.15. The summed E-state index contributed by atoms with van der Waals surface area (Å²) in [6.07, 6.45) is 6.42. The maximum absolute atomic E-state index is 11.1. The molecule has 0 saturated heterocycles. The molecule has 0 radical (unpaired) electrons. The third-order valence-corrected chi connectivity index (χ3v) is 3.05.